The van der Waals surface area contributed by atoms with Crippen LogP contribution in [0.3, 0.4) is 0 Å². The van der Waals surface area contributed by atoms with Crippen LogP contribution < -0.4 is 4.74 Å². The van der Waals surface area contributed by atoms with E-state index in [1.165, 1.54) is 0 Å². The van der Waals surface area contributed by atoms with Crippen molar-refractivity contribution < 1.29 is 9.84 Å². The van der Waals surface area contributed by atoms with Crippen LogP contribution in [-0.4, -0.2) is 10.1 Å². The third kappa shape index (κ3) is 1.68. The van der Waals surface area contributed by atoms with Crippen molar-refractivity contribution in [3.63, 3.8) is 0 Å². The molecule has 1 aliphatic heterocycles. The standard InChI is InChI=1S/C14H13NO2/c1-9-4-5-13-11(7-9)14(16)10-3-2-6-15-12(10)8-17-13/h2-7,14,16H,8H2,1H3. The summed E-state index contributed by atoms with van der Waals surface area (Å²) in [7, 11) is 0. The molecular formula is C14H13NO2. The predicted molar refractivity (Wildman–Crippen MR) is 63.8 cm³/mol. The number of hydrogen-bond donors (Lipinski definition) is 1. The molecule has 0 radical (unpaired) electrons. The zero-order chi connectivity index (χ0) is 11.8. The van der Waals surface area contributed by atoms with Gasteiger partial charge in [0.25, 0.3) is 0 Å². The second-order valence-electron chi connectivity index (χ2n) is 4.27. The molecule has 1 N–H and O–H groups in total. The van der Waals surface area contributed by atoms with Crippen molar-refractivity contribution in [3.05, 3.63) is 58.9 Å². The number of ether oxygens (including phenoxy) is 1. The smallest absolute Gasteiger partial charge is 0.131 e. The summed E-state index contributed by atoms with van der Waals surface area (Å²) in [5.41, 5.74) is 3.56. The van der Waals surface area contributed by atoms with Crippen LogP contribution in [0.2, 0.25) is 0 Å². The van der Waals surface area contributed by atoms with Crippen molar-refractivity contribution in [2.75, 3.05) is 0 Å². The van der Waals surface area contributed by atoms with Gasteiger partial charge in [0.2, 0.25) is 0 Å². The topological polar surface area (TPSA) is 42.4 Å². The SMILES string of the molecule is Cc1ccc2c(c1)C(O)c1cccnc1CO2. The average Bonchev–Trinajstić information content (AvgIpc) is 2.49. The molecule has 17 heavy (non-hydrogen) atoms. The Bertz CT molecular complexity index is 566. The molecule has 0 bridgehead atoms. The fraction of sp³-hybridized carbons (Fsp3) is 0.214. The highest BCUT2D eigenvalue weighted by Gasteiger charge is 2.23. The van der Waals surface area contributed by atoms with E-state index in [0.29, 0.717) is 6.61 Å². The Morgan fingerprint density at radius 3 is 3.06 bits per heavy atom. The van der Waals surface area contributed by atoms with Crippen LogP contribution in [-0.2, 0) is 6.61 Å². The summed E-state index contributed by atoms with van der Waals surface area (Å²) in [6.07, 6.45) is 1.06. The average molecular weight is 227 g/mol. The van der Waals surface area contributed by atoms with Gasteiger partial charge in [-0.25, -0.2) is 0 Å². The molecule has 1 aromatic heterocycles. The first-order chi connectivity index (χ1) is 8.25. The molecule has 2 heterocycles. The number of benzene rings is 1. The number of aliphatic hydroxyl groups is 1. The van der Waals surface area contributed by atoms with Crippen molar-refractivity contribution >= 4 is 0 Å². The van der Waals surface area contributed by atoms with Gasteiger partial charge >= 0.3 is 0 Å². The van der Waals surface area contributed by atoms with Crippen LogP contribution in [0.5, 0.6) is 5.75 Å². The molecule has 0 saturated carbocycles. The maximum atomic E-state index is 10.4. The Kier molecular flexibility index (Phi) is 2.34. The summed E-state index contributed by atoms with van der Waals surface area (Å²) < 4.78 is 5.68. The molecule has 0 fully saturated rings. The molecular weight excluding hydrogens is 214 g/mol. The van der Waals surface area contributed by atoms with Crippen molar-refractivity contribution in [2.45, 2.75) is 19.6 Å². The Hall–Kier alpha value is -1.87. The number of rotatable bonds is 0. The summed E-state index contributed by atoms with van der Waals surface area (Å²) in [5, 5.41) is 10.4. The largest absolute Gasteiger partial charge is 0.487 e. The fourth-order valence-corrected chi connectivity index (χ4v) is 2.15. The summed E-state index contributed by atoms with van der Waals surface area (Å²) in [6.45, 7) is 2.41. The van der Waals surface area contributed by atoms with Gasteiger partial charge in [-0.2, -0.15) is 0 Å². The number of nitrogens with zero attached hydrogens (tertiary/aromatic N) is 1. The van der Waals surface area contributed by atoms with Crippen molar-refractivity contribution in [3.8, 4) is 5.75 Å². The van der Waals surface area contributed by atoms with E-state index in [-0.39, 0.29) is 0 Å². The zero-order valence-electron chi connectivity index (χ0n) is 9.55. The first-order valence-corrected chi connectivity index (χ1v) is 5.61. The summed E-state index contributed by atoms with van der Waals surface area (Å²) in [4.78, 5) is 4.25. The monoisotopic (exact) mass is 227 g/mol. The molecule has 0 amide bonds. The van der Waals surface area contributed by atoms with E-state index < -0.39 is 6.10 Å². The van der Waals surface area contributed by atoms with E-state index in [0.717, 1.165) is 28.1 Å². The fourth-order valence-electron chi connectivity index (χ4n) is 2.15. The highest BCUT2D eigenvalue weighted by Crippen LogP contribution is 2.35. The van der Waals surface area contributed by atoms with Crippen LogP contribution in [0.1, 0.15) is 28.5 Å². The van der Waals surface area contributed by atoms with E-state index in [4.69, 9.17) is 4.74 Å². The van der Waals surface area contributed by atoms with Crippen LogP contribution in [0, 0.1) is 6.92 Å². The second-order valence-corrected chi connectivity index (χ2v) is 4.27. The maximum Gasteiger partial charge on any atom is 0.131 e. The number of fused-ring (bicyclic) bond motifs is 2. The second kappa shape index (κ2) is 3.86. The normalized spacial score (nSPS) is 17.6. The van der Waals surface area contributed by atoms with Crippen molar-refractivity contribution in [2.24, 2.45) is 0 Å². The van der Waals surface area contributed by atoms with Gasteiger partial charge in [0.15, 0.2) is 0 Å². The Labute approximate surface area is 99.7 Å². The minimum absolute atomic E-state index is 0.406. The maximum absolute atomic E-state index is 10.4. The molecule has 3 heteroatoms. The molecule has 0 spiro atoms. The lowest BCUT2D eigenvalue weighted by Crippen LogP contribution is -2.02. The number of aryl methyl sites for hydroxylation is 1. The number of hydrogen-bond acceptors (Lipinski definition) is 3. The molecule has 1 unspecified atom stereocenters. The number of aromatic nitrogens is 1. The van der Waals surface area contributed by atoms with Gasteiger partial charge in [0.1, 0.15) is 18.5 Å². The molecule has 86 valence electrons. The predicted octanol–water partition coefficient (Wildman–Crippen LogP) is 2.36. The van der Waals surface area contributed by atoms with Gasteiger partial charge < -0.3 is 9.84 Å². The van der Waals surface area contributed by atoms with Crippen LogP contribution in [0.25, 0.3) is 0 Å². The Balaban J connectivity index is 2.18. The molecule has 2 aromatic rings. The highest BCUT2D eigenvalue weighted by atomic mass is 16.5. The molecule has 0 saturated heterocycles. The van der Waals surface area contributed by atoms with Crippen molar-refractivity contribution in [1.29, 1.82) is 0 Å². The molecule has 1 aromatic carbocycles. The summed E-state index contributed by atoms with van der Waals surface area (Å²) in [5.74, 6) is 0.737. The van der Waals surface area contributed by atoms with Gasteiger partial charge in [-0.3, -0.25) is 4.98 Å². The van der Waals surface area contributed by atoms with Crippen LogP contribution in [0.15, 0.2) is 36.5 Å². The van der Waals surface area contributed by atoms with Crippen LogP contribution >= 0.6 is 0 Å². The van der Waals surface area contributed by atoms with E-state index in [1.54, 1.807) is 6.20 Å². The third-order valence-electron chi connectivity index (χ3n) is 3.04. The zero-order valence-corrected chi connectivity index (χ0v) is 9.55. The van der Waals surface area contributed by atoms with E-state index in [9.17, 15) is 5.11 Å². The quantitative estimate of drug-likeness (QED) is 0.751. The van der Waals surface area contributed by atoms with E-state index >= 15 is 0 Å². The van der Waals surface area contributed by atoms with Gasteiger partial charge in [0.05, 0.1) is 5.69 Å². The van der Waals surface area contributed by atoms with Crippen molar-refractivity contribution in [1.82, 2.24) is 4.98 Å². The van der Waals surface area contributed by atoms with E-state index in [2.05, 4.69) is 4.98 Å². The lowest BCUT2D eigenvalue weighted by atomic mass is 9.99. The van der Waals surface area contributed by atoms with E-state index in [1.807, 2.05) is 37.3 Å². The summed E-state index contributed by atoms with van der Waals surface area (Å²) >= 11 is 0. The minimum Gasteiger partial charge on any atom is -0.487 e. The molecule has 3 nitrogen and oxygen atoms in total. The third-order valence-corrected chi connectivity index (χ3v) is 3.04. The van der Waals surface area contributed by atoms with Gasteiger partial charge in [-0.15, -0.1) is 0 Å². The minimum atomic E-state index is -0.656. The van der Waals surface area contributed by atoms with Gasteiger partial charge in [-0.1, -0.05) is 17.7 Å². The first kappa shape index (κ1) is 10.3. The molecule has 0 aliphatic carbocycles. The highest BCUT2D eigenvalue weighted by molar-refractivity contribution is 5.45. The van der Waals surface area contributed by atoms with Gasteiger partial charge in [-0.05, 0) is 25.1 Å². The van der Waals surface area contributed by atoms with Gasteiger partial charge in [0, 0.05) is 17.3 Å². The van der Waals surface area contributed by atoms with Crippen LogP contribution in [0.4, 0.5) is 0 Å². The number of pyridine rings is 1. The Morgan fingerprint density at radius 1 is 1.29 bits per heavy atom. The first-order valence-electron chi connectivity index (χ1n) is 5.61. The lowest BCUT2D eigenvalue weighted by Gasteiger charge is -2.12. The molecule has 3 rings (SSSR count). The molecule has 1 aliphatic rings. The molecule has 1 atom stereocenters. The Morgan fingerprint density at radius 2 is 2.18 bits per heavy atom. The lowest BCUT2D eigenvalue weighted by molar-refractivity contribution is 0.218. The summed E-state index contributed by atoms with van der Waals surface area (Å²) in [6, 6.07) is 9.58. The number of aliphatic hydroxyl groups excluding tert-OH is 1.